The average Bonchev–Trinajstić information content (AvgIpc) is 2.23. The Kier molecular flexibility index (Phi) is 4.01. The molecule has 76 valence electrons. The SMILES string of the molecule is CCCc1ccc(/C(=C/N)NN)cc1. The van der Waals surface area contributed by atoms with E-state index in [0.717, 1.165) is 24.1 Å². The minimum atomic E-state index is 0.744. The van der Waals surface area contributed by atoms with Gasteiger partial charge in [-0.25, -0.2) is 0 Å². The van der Waals surface area contributed by atoms with E-state index in [-0.39, 0.29) is 0 Å². The highest BCUT2D eigenvalue weighted by atomic mass is 15.2. The summed E-state index contributed by atoms with van der Waals surface area (Å²) in [7, 11) is 0. The Hall–Kier alpha value is -1.48. The minimum absolute atomic E-state index is 0.744. The summed E-state index contributed by atoms with van der Waals surface area (Å²) < 4.78 is 0. The lowest BCUT2D eigenvalue weighted by molar-refractivity contribution is 0.920. The van der Waals surface area contributed by atoms with Gasteiger partial charge in [0.1, 0.15) is 0 Å². The second kappa shape index (κ2) is 5.29. The molecule has 0 saturated carbocycles. The molecule has 1 aromatic carbocycles. The molecule has 0 fully saturated rings. The molecule has 1 aromatic rings. The predicted molar refractivity (Wildman–Crippen MR) is 59.9 cm³/mol. The summed E-state index contributed by atoms with van der Waals surface area (Å²) in [6.07, 6.45) is 3.74. The summed E-state index contributed by atoms with van der Waals surface area (Å²) in [5.74, 6) is 5.31. The lowest BCUT2D eigenvalue weighted by Crippen LogP contribution is -2.20. The van der Waals surface area contributed by atoms with Gasteiger partial charge in [-0.2, -0.15) is 0 Å². The summed E-state index contributed by atoms with van der Waals surface area (Å²) in [5, 5.41) is 0. The second-order valence-electron chi connectivity index (χ2n) is 3.17. The number of rotatable bonds is 4. The zero-order valence-electron chi connectivity index (χ0n) is 8.46. The van der Waals surface area contributed by atoms with Crippen molar-refractivity contribution in [3.05, 3.63) is 41.6 Å². The summed E-state index contributed by atoms with van der Waals surface area (Å²) in [4.78, 5) is 0. The first-order valence-corrected chi connectivity index (χ1v) is 4.79. The third-order valence-corrected chi connectivity index (χ3v) is 2.13. The summed E-state index contributed by atoms with van der Waals surface area (Å²) in [6.45, 7) is 2.17. The van der Waals surface area contributed by atoms with Crippen LogP contribution in [0.4, 0.5) is 0 Å². The smallest absolute Gasteiger partial charge is 0.0713 e. The van der Waals surface area contributed by atoms with Crippen molar-refractivity contribution < 1.29 is 0 Å². The molecule has 0 heterocycles. The van der Waals surface area contributed by atoms with Crippen LogP contribution in [-0.4, -0.2) is 0 Å². The van der Waals surface area contributed by atoms with Crippen LogP contribution in [0.2, 0.25) is 0 Å². The topological polar surface area (TPSA) is 64.1 Å². The maximum Gasteiger partial charge on any atom is 0.0713 e. The summed E-state index contributed by atoms with van der Waals surface area (Å²) >= 11 is 0. The maximum absolute atomic E-state index is 5.41. The molecule has 0 saturated heterocycles. The zero-order chi connectivity index (χ0) is 10.4. The highest BCUT2D eigenvalue weighted by molar-refractivity contribution is 5.63. The van der Waals surface area contributed by atoms with Crippen LogP contribution in [0.3, 0.4) is 0 Å². The monoisotopic (exact) mass is 191 g/mol. The predicted octanol–water partition coefficient (Wildman–Crippen LogP) is 1.36. The quantitative estimate of drug-likeness (QED) is 0.497. The summed E-state index contributed by atoms with van der Waals surface area (Å²) in [5.41, 5.74) is 11.1. The van der Waals surface area contributed by atoms with Gasteiger partial charge in [0, 0.05) is 11.8 Å². The van der Waals surface area contributed by atoms with Crippen molar-refractivity contribution in [3.63, 3.8) is 0 Å². The molecule has 1 rings (SSSR count). The van der Waals surface area contributed by atoms with Gasteiger partial charge >= 0.3 is 0 Å². The number of nitrogens with two attached hydrogens (primary N) is 2. The van der Waals surface area contributed by atoms with Gasteiger partial charge in [-0.1, -0.05) is 37.6 Å². The molecular weight excluding hydrogens is 174 g/mol. The standard InChI is InChI=1S/C11H17N3/c1-2-3-9-4-6-10(7-5-9)11(8-12)14-13/h4-8,14H,2-3,12-13H2,1H3/b11-8-. The fourth-order valence-corrected chi connectivity index (χ4v) is 1.37. The van der Waals surface area contributed by atoms with E-state index in [0.29, 0.717) is 0 Å². The van der Waals surface area contributed by atoms with Crippen LogP contribution in [0.15, 0.2) is 30.5 Å². The van der Waals surface area contributed by atoms with Crippen molar-refractivity contribution in [3.8, 4) is 0 Å². The molecule has 3 nitrogen and oxygen atoms in total. The zero-order valence-corrected chi connectivity index (χ0v) is 8.46. The van der Waals surface area contributed by atoms with Gasteiger partial charge in [-0.15, -0.1) is 0 Å². The van der Waals surface area contributed by atoms with E-state index in [1.54, 1.807) is 0 Å². The molecule has 3 heteroatoms. The van der Waals surface area contributed by atoms with Crippen molar-refractivity contribution in [2.45, 2.75) is 19.8 Å². The van der Waals surface area contributed by atoms with E-state index in [2.05, 4.69) is 24.5 Å². The number of hydrogen-bond acceptors (Lipinski definition) is 3. The van der Waals surface area contributed by atoms with Gasteiger partial charge in [0.05, 0.1) is 5.70 Å². The van der Waals surface area contributed by atoms with E-state index in [1.165, 1.54) is 11.8 Å². The highest BCUT2D eigenvalue weighted by Gasteiger charge is 1.98. The number of hydrazine groups is 1. The lowest BCUT2D eigenvalue weighted by atomic mass is 10.1. The highest BCUT2D eigenvalue weighted by Crippen LogP contribution is 2.12. The third-order valence-electron chi connectivity index (χ3n) is 2.13. The Morgan fingerprint density at radius 2 is 2.00 bits per heavy atom. The molecule has 0 atom stereocenters. The molecular formula is C11H17N3. The molecule has 0 aliphatic heterocycles. The van der Waals surface area contributed by atoms with Gasteiger partial charge in [-0.3, -0.25) is 5.84 Å². The van der Waals surface area contributed by atoms with Gasteiger partial charge in [-0.05, 0) is 12.0 Å². The van der Waals surface area contributed by atoms with Gasteiger partial charge in [0.15, 0.2) is 0 Å². The normalized spacial score (nSPS) is 11.4. The van der Waals surface area contributed by atoms with E-state index >= 15 is 0 Å². The van der Waals surface area contributed by atoms with Crippen LogP contribution >= 0.6 is 0 Å². The lowest BCUT2D eigenvalue weighted by Gasteiger charge is -2.06. The van der Waals surface area contributed by atoms with Crippen LogP contribution in [0.5, 0.6) is 0 Å². The molecule has 0 aliphatic carbocycles. The Bertz CT molecular complexity index is 301. The number of aryl methyl sites for hydroxylation is 1. The first-order chi connectivity index (χ1) is 6.81. The molecule has 0 bridgehead atoms. The molecule has 5 N–H and O–H groups in total. The fraction of sp³-hybridized carbons (Fsp3) is 0.273. The van der Waals surface area contributed by atoms with Crippen molar-refractivity contribution in [2.24, 2.45) is 11.6 Å². The molecule has 0 aromatic heterocycles. The Morgan fingerprint density at radius 1 is 1.36 bits per heavy atom. The Morgan fingerprint density at radius 3 is 2.43 bits per heavy atom. The fourth-order valence-electron chi connectivity index (χ4n) is 1.37. The van der Waals surface area contributed by atoms with Crippen LogP contribution in [0, 0.1) is 0 Å². The number of benzene rings is 1. The van der Waals surface area contributed by atoms with E-state index in [1.807, 2.05) is 12.1 Å². The van der Waals surface area contributed by atoms with Crippen LogP contribution < -0.4 is 17.0 Å². The van der Waals surface area contributed by atoms with Crippen LogP contribution in [0.25, 0.3) is 5.70 Å². The molecule has 0 unspecified atom stereocenters. The molecule has 14 heavy (non-hydrogen) atoms. The summed E-state index contributed by atoms with van der Waals surface area (Å²) in [6, 6.07) is 8.23. The van der Waals surface area contributed by atoms with E-state index in [4.69, 9.17) is 11.6 Å². The minimum Gasteiger partial charge on any atom is -0.403 e. The van der Waals surface area contributed by atoms with Crippen LogP contribution in [-0.2, 0) is 6.42 Å². The van der Waals surface area contributed by atoms with Gasteiger partial charge < -0.3 is 11.2 Å². The molecule has 0 radical (unpaired) electrons. The Balaban J connectivity index is 2.82. The molecule has 0 aliphatic rings. The number of hydrogen-bond donors (Lipinski definition) is 3. The first kappa shape index (κ1) is 10.6. The van der Waals surface area contributed by atoms with Crippen molar-refractivity contribution in [1.29, 1.82) is 0 Å². The van der Waals surface area contributed by atoms with E-state index < -0.39 is 0 Å². The van der Waals surface area contributed by atoms with Crippen molar-refractivity contribution in [2.75, 3.05) is 0 Å². The molecule has 0 amide bonds. The van der Waals surface area contributed by atoms with Gasteiger partial charge in [0.2, 0.25) is 0 Å². The Labute approximate surface area is 84.8 Å². The second-order valence-corrected chi connectivity index (χ2v) is 3.17. The van der Waals surface area contributed by atoms with Crippen molar-refractivity contribution in [1.82, 2.24) is 5.43 Å². The molecule has 0 spiro atoms. The average molecular weight is 191 g/mol. The van der Waals surface area contributed by atoms with E-state index in [9.17, 15) is 0 Å². The number of nitrogens with one attached hydrogen (secondary N) is 1. The van der Waals surface area contributed by atoms with Crippen molar-refractivity contribution >= 4 is 5.70 Å². The third kappa shape index (κ3) is 2.50. The first-order valence-electron chi connectivity index (χ1n) is 4.79. The van der Waals surface area contributed by atoms with Gasteiger partial charge in [0.25, 0.3) is 0 Å². The largest absolute Gasteiger partial charge is 0.403 e. The van der Waals surface area contributed by atoms with Crippen LogP contribution in [0.1, 0.15) is 24.5 Å². The maximum atomic E-state index is 5.41.